The molecule has 0 spiro atoms. The number of likely N-dealkylation sites (N-methyl/N-ethyl adjacent to an activating group) is 1. The van der Waals surface area contributed by atoms with Crippen LogP contribution in [0.15, 0.2) is 9.85 Å². The van der Waals surface area contributed by atoms with E-state index in [4.69, 9.17) is 9.16 Å². The molecule has 0 N–H and O–H groups in total. The summed E-state index contributed by atoms with van der Waals surface area (Å²) in [6, 6.07) is -0.746. The number of halogens is 1. The molecule has 2 atom stereocenters. The number of carbonyl (C=O) groups excluding carboxylic acids is 2. The number of ether oxygens (including phenoxy) is 1. The topological polar surface area (TPSA) is 59.1 Å². The van der Waals surface area contributed by atoms with E-state index in [9.17, 15) is 9.59 Å². The van der Waals surface area contributed by atoms with Crippen LogP contribution < -0.4 is 0 Å². The van der Waals surface area contributed by atoms with Crippen molar-refractivity contribution in [3.8, 4) is 0 Å². The molecular formula is C21H35BrN2O4SSi. The lowest BCUT2D eigenvalue weighted by atomic mass is 9.97. The minimum Gasteiger partial charge on any atom is -0.444 e. The number of hydrogen-bond acceptors (Lipinski definition) is 5. The third-order valence-corrected chi connectivity index (χ3v) is 12.1. The molecule has 0 bridgehead atoms. The summed E-state index contributed by atoms with van der Waals surface area (Å²) in [6.07, 6.45) is -0.800. The van der Waals surface area contributed by atoms with Crippen molar-refractivity contribution in [2.75, 3.05) is 20.6 Å². The van der Waals surface area contributed by atoms with E-state index in [0.29, 0.717) is 0 Å². The first-order chi connectivity index (χ1) is 13.5. The molecule has 170 valence electrons. The van der Waals surface area contributed by atoms with Crippen LogP contribution in [0.5, 0.6) is 0 Å². The molecule has 0 aromatic carbocycles. The summed E-state index contributed by atoms with van der Waals surface area (Å²) in [5.74, 6) is -0.160. The third kappa shape index (κ3) is 5.28. The number of amides is 2. The van der Waals surface area contributed by atoms with E-state index in [1.54, 1.807) is 25.4 Å². The first-order valence-corrected chi connectivity index (χ1v) is 14.7. The van der Waals surface area contributed by atoms with Gasteiger partial charge in [0.15, 0.2) is 8.32 Å². The van der Waals surface area contributed by atoms with E-state index in [1.165, 1.54) is 9.80 Å². The summed E-state index contributed by atoms with van der Waals surface area (Å²) >= 11 is 5.18. The Morgan fingerprint density at radius 1 is 1.20 bits per heavy atom. The fraction of sp³-hybridized carbons (Fsp3) is 0.714. The number of nitrogens with zero attached hydrogens (tertiary/aromatic N) is 2. The van der Waals surface area contributed by atoms with Gasteiger partial charge in [0.2, 0.25) is 5.91 Å². The van der Waals surface area contributed by atoms with Gasteiger partial charge in [-0.3, -0.25) is 9.69 Å². The number of hydrogen-bond donors (Lipinski definition) is 0. The Balaban J connectivity index is 2.57. The molecule has 0 saturated carbocycles. The molecule has 6 nitrogen and oxygen atoms in total. The van der Waals surface area contributed by atoms with Gasteiger partial charge in [0, 0.05) is 34.4 Å². The van der Waals surface area contributed by atoms with Crippen LogP contribution in [-0.4, -0.2) is 56.4 Å². The number of thiophene rings is 1. The van der Waals surface area contributed by atoms with Crippen LogP contribution in [0, 0.1) is 0 Å². The zero-order valence-corrected chi connectivity index (χ0v) is 23.2. The normalized spacial score (nSPS) is 20.0. The lowest BCUT2D eigenvalue weighted by Crippen LogP contribution is -2.51. The van der Waals surface area contributed by atoms with Crippen molar-refractivity contribution >= 4 is 47.6 Å². The lowest BCUT2D eigenvalue weighted by Gasteiger charge is -2.44. The van der Waals surface area contributed by atoms with Gasteiger partial charge in [-0.25, -0.2) is 4.79 Å². The Hall–Kier alpha value is -0.903. The monoisotopic (exact) mass is 518 g/mol. The van der Waals surface area contributed by atoms with Gasteiger partial charge in [0.05, 0.1) is 12.6 Å². The summed E-state index contributed by atoms with van der Waals surface area (Å²) in [5, 5.41) is 2.00. The average Bonchev–Trinajstić information content (AvgIpc) is 2.93. The van der Waals surface area contributed by atoms with Crippen molar-refractivity contribution in [1.29, 1.82) is 0 Å². The minimum absolute atomic E-state index is 0.0225. The fourth-order valence-corrected chi connectivity index (χ4v) is 6.19. The van der Waals surface area contributed by atoms with Crippen LogP contribution in [0.1, 0.15) is 64.1 Å². The second kappa shape index (κ2) is 8.56. The van der Waals surface area contributed by atoms with Crippen molar-refractivity contribution in [2.24, 2.45) is 0 Å². The van der Waals surface area contributed by atoms with Gasteiger partial charge in [-0.2, -0.15) is 0 Å². The summed E-state index contributed by atoms with van der Waals surface area (Å²) < 4.78 is 13.2. The summed E-state index contributed by atoms with van der Waals surface area (Å²) in [4.78, 5) is 30.4. The predicted octanol–water partition coefficient (Wildman–Crippen LogP) is 5.95. The van der Waals surface area contributed by atoms with E-state index in [0.717, 1.165) is 14.9 Å². The van der Waals surface area contributed by atoms with Gasteiger partial charge in [-0.05, 0) is 54.8 Å². The SMILES string of the molecule is CN(C)C(=O)C1c2c(Br)csc2C(O[Si](C)(C)C(C)(C)C)CN1C(=O)OC(C)(C)C. The highest BCUT2D eigenvalue weighted by Crippen LogP contribution is 2.48. The maximum atomic E-state index is 13.2. The van der Waals surface area contributed by atoms with Crippen molar-refractivity contribution in [2.45, 2.75) is 77.4 Å². The van der Waals surface area contributed by atoms with E-state index >= 15 is 0 Å². The van der Waals surface area contributed by atoms with Crippen molar-refractivity contribution in [1.82, 2.24) is 9.80 Å². The Bertz CT molecular complexity index is 811. The maximum Gasteiger partial charge on any atom is 0.411 e. The van der Waals surface area contributed by atoms with Gasteiger partial charge in [-0.1, -0.05) is 20.8 Å². The Labute approximate surface area is 194 Å². The van der Waals surface area contributed by atoms with E-state index in [-0.39, 0.29) is 23.6 Å². The van der Waals surface area contributed by atoms with E-state index in [1.807, 2.05) is 26.2 Å². The molecule has 1 aromatic rings. The van der Waals surface area contributed by atoms with E-state index in [2.05, 4.69) is 49.8 Å². The number of fused-ring (bicyclic) bond motifs is 1. The molecule has 2 amide bonds. The van der Waals surface area contributed by atoms with Gasteiger partial charge >= 0.3 is 6.09 Å². The molecule has 0 aliphatic carbocycles. The molecule has 2 unspecified atom stereocenters. The van der Waals surface area contributed by atoms with Gasteiger partial charge in [0.1, 0.15) is 11.6 Å². The molecule has 0 fully saturated rings. The van der Waals surface area contributed by atoms with Gasteiger partial charge in [-0.15, -0.1) is 11.3 Å². The minimum atomic E-state index is -2.12. The van der Waals surface area contributed by atoms with Crippen LogP contribution in [0.2, 0.25) is 18.1 Å². The highest BCUT2D eigenvalue weighted by atomic mass is 79.9. The second-order valence-corrected chi connectivity index (χ2v) is 17.0. The molecule has 1 aliphatic rings. The summed E-state index contributed by atoms with van der Waals surface area (Å²) in [5.41, 5.74) is 0.143. The van der Waals surface area contributed by atoms with Crippen LogP contribution in [0.3, 0.4) is 0 Å². The first-order valence-electron chi connectivity index (χ1n) is 10.1. The second-order valence-electron chi connectivity index (χ2n) is 10.5. The smallest absolute Gasteiger partial charge is 0.411 e. The molecule has 1 aromatic heterocycles. The first kappa shape index (κ1) is 25.4. The van der Waals surface area contributed by atoms with E-state index < -0.39 is 26.1 Å². The zero-order valence-electron chi connectivity index (χ0n) is 19.8. The highest BCUT2D eigenvalue weighted by Gasteiger charge is 2.48. The molecule has 0 radical (unpaired) electrons. The quantitative estimate of drug-likeness (QED) is 0.463. The fourth-order valence-electron chi connectivity index (χ4n) is 3.02. The third-order valence-electron chi connectivity index (χ3n) is 5.60. The van der Waals surface area contributed by atoms with Gasteiger partial charge < -0.3 is 14.1 Å². The predicted molar refractivity (Wildman–Crippen MR) is 127 cm³/mol. The molecule has 0 saturated heterocycles. The summed E-state index contributed by atoms with van der Waals surface area (Å²) in [6.45, 7) is 16.7. The summed E-state index contributed by atoms with van der Waals surface area (Å²) in [7, 11) is 1.29. The maximum absolute atomic E-state index is 13.2. The Kier molecular flexibility index (Phi) is 7.23. The largest absolute Gasteiger partial charge is 0.444 e. The van der Waals surface area contributed by atoms with Gasteiger partial charge in [0.25, 0.3) is 0 Å². The van der Waals surface area contributed by atoms with Crippen molar-refractivity contribution in [3.05, 3.63) is 20.3 Å². The molecule has 9 heteroatoms. The lowest BCUT2D eigenvalue weighted by molar-refractivity contribution is -0.135. The standard InChI is InChI=1S/C21H35BrN2O4SSi/c1-20(2,3)27-19(26)24-11-14(28-30(9,10)21(4,5)6)17-15(13(22)12-29-17)16(24)18(25)23(7)8/h12,14,16H,11H2,1-10H3. The highest BCUT2D eigenvalue weighted by molar-refractivity contribution is 9.10. The number of carbonyl (C=O) groups is 2. The average molecular weight is 520 g/mol. The Morgan fingerprint density at radius 2 is 1.77 bits per heavy atom. The van der Waals surface area contributed by atoms with Crippen LogP contribution in [-0.2, 0) is 14.0 Å². The van der Waals surface area contributed by atoms with Crippen LogP contribution in [0.25, 0.3) is 0 Å². The molecule has 2 rings (SSSR count). The van der Waals surface area contributed by atoms with Crippen molar-refractivity contribution in [3.63, 3.8) is 0 Å². The van der Waals surface area contributed by atoms with Crippen molar-refractivity contribution < 1.29 is 18.8 Å². The molecule has 1 aliphatic heterocycles. The van der Waals surface area contributed by atoms with Crippen LogP contribution in [0.4, 0.5) is 4.79 Å². The number of rotatable bonds is 3. The zero-order chi connectivity index (χ0) is 23.2. The molecule has 2 heterocycles. The molecular weight excluding hydrogens is 484 g/mol. The van der Waals surface area contributed by atoms with Crippen LogP contribution >= 0.6 is 27.3 Å². The molecule has 30 heavy (non-hydrogen) atoms. The Morgan fingerprint density at radius 3 is 2.23 bits per heavy atom.